The molecule has 1 aliphatic rings. The molecule has 0 aromatic heterocycles. The van der Waals surface area contributed by atoms with Crippen molar-refractivity contribution in [1.82, 2.24) is 10.2 Å². The normalized spacial score (nSPS) is 18.9. The third-order valence-electron chi connectivity index (χ3n) is 7.17. The number of nitrogens with zero attached hydrogens (tertiary/aromatic N) is 1. The van der Waals surface area contributed by atoms with Gasteiger partial charge in [-0.05, 0) is 41.4 Å². The van der Waals surface area contributed by atoms with E-state index in [0.717, 1.165) is 41.8 Å². The van der Waals surface area contributed by atoms with Crippen LogP contribution in [-0.4, -0.2) is 35.6 Å². The number of rotatable bonds is 10. The summed E-state index contributed by atoms with van der Waals surface area (Å²) in [5.41, 5.74) is 5.79. The smallest absolute Gasteiger partial charge is 0.251 e. The molecule has 0 radical (unpaired) electrons. The molecular formula is C34H36N2O4. The van der Waals surface area contributed by atoms with Gasteiger partial charge in [0, 0.05) is 37.2 Å². The highest BCUT2D eigenvalue weighted by atomic mass is 16.7. The monoisotopic (exact) mass is 536 g/mol. The fourth-order valence-electron chi connectivity index (χ4n) is 5.01. The van der Waals surface area contributed by atoms with Gasteiger partial charge in [0.1, 0.15) is 0 Å². The number of benzene rings is 4. The molecule has 1 aliphatic heterocycles. The van der Waals surface area contributed by atoms with Crippen LogP contribution in [0.4, 0.5) is 0 Å². The van der Waals surface area contributed by atoms with E-state index in [-0.39, 0.29) is 24.7 Å². The average molecular weight is 537 g/mol. The summed E-state index contributed by atoms with van der Waals surface area (Å²) >= 11 is 0. The summed E-state index contributed by atoms with van der Waals surface area (Å²) in [6, 6.07) is 35.6. The van der Waals surface area contributed by atoms with Crippen molar-refractivity contribution >= 4 is 5.91 Å². The molecule has 4 aromatic rings. The minimum absolute atomic E-state index is 0.0165. The van der Waals surface area contributed by atoms with Crippen molar-refractivity contribution in [3.8, 4) is 0 Å². The van der Waals surface area contributed by atoms with Crippen molar-refractivity contribution in [3.63, 3.8) is 0 Å². The zero-order valence-electron chi connectivity index (χ0n) is 22.8. The molecule has 1 heterocycles. The van der Waals surface area contributed by atoms with Crippen molar-refractivity contribution < 1.29 is 19.4 Å². The van der Waals surface area contributed by atoms with Gasteiger partial charge in [0.05, 0.1) is 18.8 Å². The Labute approximate surface area is 236 Å². The van der Waals surface area contributed by atoms with E-state index in [2.05, 4.69) is 41.5 Å². The highest BCUT2D eigenvalue weighted by Crippen LogP contribution is 2.38. The van der Waals surface area contributed by atoms with Gasteiger partial charge in [-0.1, -0.05) is 97.1 Å². The highest BCUT2D eigenvalue weighted by Gasteiger charge is 2.32. The maximum atomic E-state index is 12.4. The summed E-state index contributed by atoms with van der Waals surface area (Å²) in [6.45, 7) is 2.06. The number of carbonyl (C=O) groups excluding carboxylic acids is 1. The first-order valence-corrected chi connectivity index (χ1v) is 13.7. The number of amides is 1. The van der Waals surface area contributed by atoms with Gasteiger partial charge in [-0.3, -0.25) is 9.69 Å². The lowest BCUT2D eigenvalue weighted by Gasteiger charge is -2.38. The Kier molecular flexibility index (Phi) is 9.37. The fraction of sp³-hybridized carbons (Fsp3) is 0.265. The molecule has 1 amide bonds. The first-order chi connectivity index (χ1) is 19.6. The first-order valence-electron chi connectivity index (χ1n) is 13.7. The van der Waals surface area contributed by atoms with Gasteiger partial charge in [-0.15, -0.1) is 0 Å². The molecule has 0 bridgehead atoms. The molecule has 0 aliphatic carbocycles. The summed E-state index contributed by atoms with van der Waals surface area (Å²) < 4.78 is 13.0. The highest BCUT2D eigenvalue weighted by molar-refractivity contribution is 5.94. The molecule has 2 N–H and O–H groups in total. The summed E-state index contributed by atoms with van der Waals surface area (Å²) in [5.74, 6) is -0.0962. The zero-order valence-corrected chi connectivity index (χ0v) is 22.8. The van der Waals surface area contributed by atoms with E-state index < -0.39 is 6.29 Å². The summed E-state index contributed by atoms with van der Waals surface area (Å²) in [4.78, 5) is 14.7. The Bertz CT molecular complexity index is 1340. The second kappa shape index (κ2) is 13.5. The van der Waals surface area contributed by atoms with Crippen molar-refractivity contribution in [1.29, 1.82) is 0 Å². The van der Waals surface area contributed by atoms with Gasteiger partial charge >= 0.3 is 0 Å². The van der Waals surface area contributed by atoms with Gasteiger partial charge in [0.25, 0.3) is 5.91 Å². The molecule has 6 nitrogen and oxygen atoms in total. The van der Waals surface area contributed by atoms with E-state index in [4.69, 9.17) is 9.47 Å². The molecule has 3 atom stereocenters. The van der Waals surface area contributed by atoms with Gasteiger partial charge in [-0.2, -0.15) is 0 Å². The molecule has 6 heteroatoms. The van der Waals surface area contributed by atoms with Crippen LogP contribution in [0.3, 0.4) is 0 Å². The number of nitrogens with one attached hydrogen (secondary N) is 1. The Morgan fingerprint density at radius 3 is 2.10 bits per heavy atom. The second-order valence-electron chi connectivity index (χ2n) is 10.3. The Morgan fingerprint density at radius 2 is 1.43 bits per heavy atom. The topological polar surface area (TPSA) is 71.0 Å². The molecule has 0 saturated carbocycles. The first kappa shape index (κ1) is 27.7. The van der Waals surface area contributed by atoms with Crippen LogP contribution in [0.1, 0.15) is 57.0 Å². The Hall–Kier alpha value is -3.81. The van der Waals surface area contributed by atoms with Crippen molar-refractivity contribution in [2.24, 2.45) is 0 Å². The van der Waals surface area contributed by atoms with Crippen LogP contribution in [0.2, 0.25) is 0 Å². The quantitative estimate of drug-likeness (QED) is 0.269. The second-order valence-corrected chi connectivity index (χ2v) is 10.3. The molecule has 1 saturated heterocycles. The molecule has 1 fully saturated rings. The maximum Gasteiger partial charge on any atom is 0.251 e. The van der Waals surface area contributed by atoms with Crippen molar-refractivity contribution in [2.45, 2.75) is 44.6 Å². The van der Waals surface area contributed by atoms with E-state index in [1.54, 1.807) is 12.1 Å². The minimum Gasteiger partial charge on any atom is -0.392 e. The van der Waals surface area contributed by atoms with E-state index in [9.17, 15) is 9.90 Å². The predicted molar refractivity (Wildman–Crippen MR) is 155 cm³/mol. The number of aliphatic hydroxyl groups excluding tert-OH is 1. The number of hydrogen-bond acceptors (Lipinski definition) is 5. The summed E-state index contributed by atoms with van der Waals surface area (Å²) in [6.07, 6.45) is 0.0585. The Morgan fingerprint density at radius 1 is 0.800 bits per heavy atom. The van der Waals surface area contributed by atoms with Gasteiger partial charge < -0.3 is 19.9 Å². The third kappa shape index (κ3) is 7.43. The van der Waals surface area contributed by atoms with Crippen molar-refractivity contribution in [3.05, 3.63) is 143 Å². The molecule has 206 valence electrons. The lowest BCUT2D eigenvalue weighted by Crippen LogP contribution is -2.37. The SMILES string of the molecule is CN(Cc1ccccc1)C[C@H]1C[C@@H](c2ccc(CO)cc2)O[C@@H](c2ccc(CNC(=O)c3ccccc3)cc2)O1. The predicted octanol–water partition coefficient (Wildman–Crippen LogP) is 5.79. The summed E-state index contributed by atoms with van der Waals surface area (Å²) in [5, 5.41) is 12.4. The molecule has 5 rings (SSSR count). The van der Waals surface area contributed by atoms with E-state index in [1.807, 2.05) is 72.8 Å². The fourth-order valence-corrected chi connectivity index (χ4v) is 5.01. The number of likely N-dealkylation sites (N-methyl/N-ethyl adjacent to an activating group) is 1. The van der Waals surface area contributed by atoms with Crippen LogP contribution in [0.25, 0.3) is 0 Å². The summed E-state index contributed by atoms with van der Waals surface area (Å²) in [7, 11) is 2.12. The molecule has 4 aromatic carbocycles. The van der Waals surface area contributed by atoms with Crippen LogP contribution in [0.15, 0.2) is 109 Å². The molecule has 0 spiro atoms. The Balaban J connectivity index is 1.27. The molecular weight excluding hydrogens is 500 g/mol. The van der Waals surface area contributed by atoms with Gasteiger partial charge in [0.2, 0.25) is 0 Å². The average Bonchev–Trinajstić information content (AvgIpc) is 3.01. The zero-order chi connectivity index (χ0) is 27.7. The standard InChI is InChI=1S/C34H36N2O4/c1-36(22-26-8-4-2-5-9-26)23-31-20-32(28-16-14-27(24-37)15-17-28)40-34(39-31)30-18-12-25(13-19-30)21-35-33(38)29-10-6-3-7-11-29/h2-19,31-32,34,37H,20-24H2,1H3,(H,35,38)/t31-,32+,34+/m1/s1. The van der Waals surface area contributed by atoms with E-state index in [0.29, 0.717) is 12.1 Å². The maximum absolute atomic E-state index is 12.4. The number of ether oxygens (including phenoxy) is 2. The van der Waals surface area contributed by atoms with Crippen LogP contribution >= 0.6 is 0 Å². The lowest BCUT2D eigenvalue weighted by molar-refractivity contribution is -0.252. The lowest BCUT2D eigenvalue weighted by atomic mass is 9.99. The van der Waals surface area contributed by atoms with Gasteiger partial charge in [0.15, 0.2) is 6.29 Å². The van der Waals surface area contributed by atoms with Crippen LogP contribution in [0.5, 0.6) is 0 Å². The third-order valence-corrected chi connectivity index (χ3v) is 7.17. The molecule has 40 heavy (non-hydrogen) atoms. The van der Waals surface area contributed by atoms with Crippen LogP contribution < -0.4 is 5.32 Å². The minimum atomic E-state index is -0.514. The van der Waals surface area contributed by atoms with Crippen LogP contribution in [-0.2, 0) is 29.2 Å². The number of aliphatic hydroxyl groups is 1. The van der Waals surface area contributed by atoms with E-state index >= 15 is 0 Å². The number of hydrogen-bond donors (Lipinski definition) is 2. The van der Waals surface area contributed by atoms with Crippen molar-refractivity contribution in [2.75, 3.05) is 13.6 Å². The molecule has 0 unspecified atom stereocenters. The largest absolute Gasteiger partial charge is 0.392 e. The van der Waals surface area contributed by atoms with Gasteiger partial charge in [-0.25, -0.2) is 0 Å². The number of carbonyl (C=O) groups is 1. The van der Waals surface area contributed by atoms with Crippen LogP contribution in [0, 0.1) is 0 Å². The van der Waals surface area contributed by atoms with E-state index in [1.165, 1.54) is 5.56 Å².